The number of oxazole rings is 1. The van der Waals surface area contributed by atoms with Crippen LogP contribution in [0.2, 0.25) is 0 Å². The highest BCUT2D eigenvalue weighted by atomic mass is 16.3. The molecular formula is C25H27N5O2. The molecule has 4 rings (SSSR count). The number of aryl methyl sites for hydroxylation is 2. The molecule has 2 aromatic carbocycles. The minimum Gasteiger partial charge on any atom is -0.444 e. The zero-order valence-electron chi connectivity index (χ0n) is 18.8. The van der Waals surface area contributed by atoms with Gasteiger partial charge in [0.2, 0.25) is 11.7 Å². The number of para-hydroxylation sites is 1. The van der Waals surface area contributed by atoms with E-state index in [1.807, 2.05) is 56.3 Å². The number of carbonyl (C=O) groups is 1. The van der Waals surface area contributed by atoms with Crippen molar-refractivity contribution in [2.45, 2.75) is 40.0 Å². The van der Waals surface area contributed by atoms with Gasteiger partial charge in [0, 0.05) is 18.5 Å². The molecule has 0 radical (unpaired) electrons. The van der Waals surface area contributed by atoms with Gasteiger partial charge in [0.15, 0.2) is 0 Å². The molecule has 0 saturated heterocycles. The van der Waals surface area contributed by atoms with Gasteiger partial charge < -0.3 is 9.73 Å². The van der Waals surface area contributed by atoms with Crippen molar-refractivity contribution in [2.75, 3.05) is 6.54 Å². The number of benzene rings is 2. The Balaban J connectivity index is 1.40. The highest BCUT2D eigenvalue weighted by Gasteiger charge is 2.17. The molecule has 0 unspecified atom stereocenters. The van der Waals surface area contributed by atoms with E-state index in [0.29, 0.717) is 30.6 Å². The third-order valence-corrected chi connectivity index (χ3v) is 5.28. The summed E-state index contributed by atoms with van der Waals surface area (Å²) < 4.78 is 7.31. The summed E-state index contributed by atoms with van der Waals surface area (Å²) in [5, 5.41) is 7.33. The monoisotopic (exact) mass is 429 g/mol. The highest BCUT2D eigenvalue weighted by Crippen LogP contribution is 2.23. The Hall–Kier alpha value is -3.74. The van der Waals surface area contributed by atoms with Crippen LogP contribution < -0.4 is 5.32 Å². The fraction of sp³-hybridized carbons (Fsp3) is 0.280. The summed E-state index contributed by atoms with van der Waals surface area (Å²) in [7, 11) is 0. The summed E-state index contributed by atoms with van der Waals surface area (Å²) >= 11 is 0. The number of carbonyl (C=O) groups excluding carboxylic acids is 1. The maximum atomic E-state index is 12.6. The quantitative estimate of drug-likeness (QED) is 0.463. The molecule has 32 heavy (non-hydrogen) atoms. The molecule has 2 heterocycles. The molecule has 2 aromatic heterocycles. The van der Waals surface area contributed by atoms with Gasteiger partial charge in [0.25, 0.3) is 5.91 Å². The SMILES string of the molecule is Cc1ccc(-c2nc(CCNC(=O)c3nc(C)n(-c4ccccc4C(C)C)n3)co2)cc1. The lowest BCUT2D eigenvalue weighted by Gasteiger charge is -2.12. The molecule has 7 nitrogen and oxygen atoms in total. The molecule has 0 spiro atoms. The van der Waals surface area contributed by atoms with Crippen LogP contribution in [0.5, 0.6) is 0 Å². The van der Waals surface area contributed by atoms with E-state index in [1.165, 1.54) is 5.56 Å². The predicted molar refractivity (Wildman–Crippen MR) is 123 cm³/mol. The lowest BCUT2D eigenvalue weighted by atomic mass is 10.0. The maximum absolute atomic E-state index is 12.6. The van der Waals surface area contributed by atoms with Crippen LogP contribution in [0.4, 0.5) is 0 Å². The van der Waals surface area contributed by atoms with Gasteiger partial charge in [-0.15, -0.1) is 5.10 Å². The maximum Gasteiger partial charge on any atom is 0.290 e. The second-order valence-corrected chi connectivity index (χ2v) is 8.12. The molecule has 0 aliphatic heterocycles. The molecule has 1 amide bonds. The zero-order valence-corrected chi connectivity index (χ0v) is 18.8. The Bertz CT molecular complexity index is 1220. The summed E-state index contributed by atoms with van der Waals surface area (Å²) in [4.78, 5) is 21.5. The number of nitrogens with zero attached hydrogens (tertiary/aromatic N) is 4. The fourth-order valence-electron chi connectivity index (χ4n) is 3.52. The van der Waals surface area contributed by atoms with Crippen molar-refractivity contribution in [1.29, 1.82) is 0 Å². The number of nitrogens with one attached hydrogen (secondary N) is 1. The predicted octanol–water partition coefficient (Wildman–Crippen LogP) is 4.64. The first-order valence-corrected chi connectivity index (χ1v) is 10.7. The Morgan fingerprint density at radius 2 is 1.81 bits per heavy atom. The average Bonchev–Trinajstić information content (AvgIpc) is 3.41. The Morgan fingerprint density at radius 1 is 1.06 bits per heavy atom. The first-order chi connectivity index (χ1) is 15.4. The summed E-state index contributed by atoms with van der Waals surface area (Å²) in [6, 6.07) is 16.0. The van der Waals surface area contributed by atoms with Gasteiger partial charge in [-0.05, 0) is 43.5 Å². The van der Waals surface area contributed by atoms with Crippen LogP contribution in [0, 0.1) is 13.8 Å². The fourth-order valence-corrected chi connectivity index (χ4v) is 3.52. The first kappa shape index (κ1) is 21.5. The van der Waals surface area contributed by atoms with E-state index in [4.69, 9.17) is 4.42 Å². The van der Waals surface area contributed by atoms with Crippen molar-refractivity contribution in [2.24, 2.45) is 0 Å². The normalized spacial score (nSPS) is 11.2. The molecule has 0 aliphatic carbocycles. The van der Waals surface area contributed by atoms with E-state index in [1.54, 1.807) is 10.9 Å². The highest BCUT2D eigenvalue weighted by molar-refractivity contribution is 5.90. The van der Waals surface area contributed by atoms with Gasteiger partial charge in [0.1, 0.15) is 12.1 Å². The summed E-state index contributed by atoms with van der Waals surface area (Å²) in [5.41, 5.74) is 4.99. The molecule has 7 heteroatoms. The molecular weight excluding hydrogens is 402 g/mol. The summed E-state index contributed by atoms with van der Waals surface area (Å²) in [6.45, 7) is 8.56. The van der Waals surface area contributed by atoms with E-state index in [9.17, 15) is 4.79 Å². The minimum absolute atomic E-state index is 0.154. The second kappa shape index (κ2) is 9.18. The van der Waals surface area contributed by atoms with Gasteiger partial charge in [-0.3, -0.25) is 4.79 Å². The Kier molecular flexibility index (Phi) is 6.16. The van der Waals surface area contributed by atoms with E-state index in [0.717, 1.165) is 22.5 Å². The molecule has 0 bridgehead atoms. The van der Waals surface area contributed by atoms with E-state index >= 15 is 0 Å². The number of rotatable bonds is 7. The van der Waals surface area contributed by atoms with Gasteiger partial charge in [0.05, 0.1) is 11.4 Å². The van der Waals surface area contributed by atoms with Crippen LogP contribution in [-0.2, 0) is 6.42 Å². The Labute approximate surface area is 187 Å². The van der Waals surface area contributed by atoms with Crippen molar-refractivity contribution in [3.8, 4) is 17.1 Å². The number of amides is 1. The van der Waals surface area contributed by atoms with E-state index in [2.05, 4.69) is 40.3 Å². The first-order valence-electron chi connectivity index (χ1n) is 10.7. The van der Waals surface area contributed by atoms with Gasteiger partial charge >= 0.3 is 0 Å². The smallest absolute Gasteiger partial charge is 0.290 e. The molecule has 4 aromatic rings. The molecule has 0 aliphatic rings. The summed E-state index contributed by atoms with van der Waals surface area (Å²) in [6.07, 6.45) is 2.18. The molecule has 1 N–H and O–H groups in total. The largest absolute Gasteiger partial charge is 0.444 e. The van der Waals surface area contributed by atoms with Gasteiger partial charge in [-0.2, -0.15) is 0 Å². The van der Waals surface area contributed by atoms with Gasteiger partial charge in [-0.1, -0.05) is 49.7 Å². The van der Waals surface area contributed by atoms with Crippen LogP contribution in [0.15, 0.2) is 59.2 Å². The molecule has 0 atom stereocenters. The molecule has 164 valence electrons. The topological polar surface area (TPSA) is 85.8 Å². The third-order valence-electron chi connectivity index (χ3n) is 5.28. The number of hydrogen-bond acceptors (Lipinski definition) is 5. The van der Waals surface area contributed by atoms with Crippen LogP contribution in [0.25, 0.3) is 17.1 Å². The van der Waals surface area contributed by atoms with E-state index < -0.39 is 0 Å². The van der Waals surface area contributed by atoms with Crippen LogP contribution >= 0.6 is 0 Å². The van der Waals surface area contributed by atoms with Gasteiger partial charge in [-0.25, -0.2) is 14.6 Å². The van der Waals surface area contributed by atoms with Crippen molar-refractivity contribution in [3.05, 3.63) is 83.3 Å². The minimum atomic E-state index is -0.309. The summed E-state index contributed by atoms with van der Waals surface area (Å²) in [5.74, 6) is 1.42. The van der Waals surface area contributed by atoms with E-state index in [-0.39, 0.29) is 11.7 Å². The second-order valence-electron chi connectivity index (χ2n) is 8.12. The van der Waals surface area contributed by atoms with Crippen molar-refractivity contribution >= 4 is 5.91 Å². The average molecular weight is 430 g/mol. The Morgan fingerprint density at radius 3 is 2.56 bits per heavy atom. The van der Waals surface area contributed by atoms with Crippen LogP contribution in [0.3, 0.4) is 0 Å². The number of aromatic nitrogens is 4. The van der Waals surface area contributed by atoms with Crippen LogP contribution in [0.1, 0.15) is 53.0 Å². The van der Waals surface area contributed by atoms with Crippen molar-refractivity contribution in [3.63, 3.8) is 0 Å². The lowest BCUT2D eigenvalue weighted by Crippen LogP contribution is -2.27. The number of hydrogen-bond donors (Lipinski definition) is 1. The van der Waals surface area contributed by atoms with Crippen molar-refractivity contribution < 1.29 is 9.21 Å². The molecule has 0 fully saturated rings. The zero-order chi connectivity index (χ0) is 22.7. The standard InChI is InChI=1S/C25H27N5O2/c1-16(2)21-7-5-6-8-22(21)30-18(4)27-23(29-30)24(31)26-14-13-20-15-32-25(28-20)19-11-9-17(3)10-12-19/h5-12,15-16H,13-14H2,1-4H3,(H,26,31). The van der Waals surface area contributed by atoms with Crippen LogP contribution in [-0.4, -0.2) is 32.2 Å². The third kappa shape index (κ3) is 4.61. The van der Waals surface area contributed by atoms with Crippen molar-refractivity contribution in [1.82, 2.24) is 25.1 Å². The molecule has 0 saturated carbocycles. The lowest BCUT2D eigenvalue weighted by molar-refractivity contribution is 0.0943.